The fourth-order valence-corrected chi connectivity index (χ4v) is 2.20. The molecule has 0 unspecified atom stereocenters. The molecule has 17 heavy (non-hydrogen) atoms. The summed E-state index contributed by atoms with van der Waals surface area (Å²) in [5, 5.41) is 0. The van der Waals surface area contributed by atoms with Crippen molar-refractivity contribution in [2.45, 2.75) is 10.8 Å². The largest absolute Gasteiger partial charge is 0.495 e. The van der Waals surface area contributed by atoms with E-state index in [1.807, 2.05) is 0 Å². The van der Waals surface area contributed by atoms with Crippen LogP contribution in [0.4, 0.5) is 8.78 Å². The summed E-state index contributed by atoms with van der Waals surface area (Å²) in [5.74, 6) is -4.29. The van der Waals surface area contributed by atoms with Crippen LogP contribution in [0.25, 0.3) is 0 Å². The van der Waals surface area contributed by atoms with Gasteiger partial charge in [0.1, 0.15) is 10.6 Å². The number of carbonyl (C=O) groups excluding carboxylic acids is 1. The fourth-order valence-electron chi connectivity index (χ4n) is 1.34. The van der Waals surface area contributed by atoms with Crippen molar-refractivity contribution >= 4 is 16.1 Å². The average Bonchev–Trinajstić information content (AvgIpc) is 2.26. The summed E-state index contributed by atoms with van der Waals surface area (Å²) in [6.45, 7) is 0. The molecule has 0 aromatic heterocycles. The van der Waals surface area contributed by atoms with Gasteiger partial charge >= 0.3 is 5.92 Å². The number of para-hydroxylation sites is 1. The zero-order chi connectivity index (χ0) is 13.3. The summed E-state index contributed by atoms with van der Waals surface area (Å²) in [7, 11) is -2.65. The van der Waals surface area contributed by atoms with Gasteiger partial charge in [0.15, 0.2) is 16.1 Å². The molecule has 1 aromatic rings. The molecule has 0 aliphatic heterocycles. The van der Waals surface area contributed by atoms with Crippen LogP contribution in [0.5, 0.6) is 5.75 Å². The number of carbonyl (C=O) groups is 1. The van der Waals surface area contributed by atoms with Crippen molar-refractivity contribution in [3.05, 3.63) is 23.8 Å². The summed E-state index contributed by atoms with van der Waals surface area (Å²) in [5.41, 5.74) is -0.766. The van der Waals surface area contributed by atoms with Gasteiger partial charge in [-0.25, -0.2) is 8.42 Å². The molecule has 7 heteroatoms. The van der Waals surface area contributed by atoms with E-state index in [-0.39, 0.29) is 4.90 Å². The summed E-state index contributed by atoms with van der Waals surface area (Å²) in [4.78, 5) is 9.93. The van der Waals surface area contributed by atoms with E-state index in [1.165, 1.54) is 0 Å². The lowest BCUT2D eigenvalue weighted by molar-refractivity contribution is -0.130. The van der Waals surface area contributed by atoms with Gasteiger partial charge in [0.05, 0.1) is 12.7 Å². The summed E-state index contributed by atoms with van der Waals surface area (Å²) in [6.07, 6.45) is 0.310. The molecular formula is C10H10F2O4S. The van der Waals surface area contributed by atoms with Crippen LogP contribution in [0.3, 0.4) is 0 Å². The number of rotatable bonds is 4. The van der Waals surface area contributed by atoms with Crippen molar-refractivity contribution in [1.29, 1.82) is 0 Å². The van der Waals surface area contributed by atoms with E-state index in [4.69, 9.17) is 0 Å². The van der Waals surface area contributed by atoms with Crippen LogP contribution in [0.2, 0.25) is 0 Å². The van der Waals surface area contributed by atoms with Gasteiger partial charge in [-0.05, 0) is 12.1 Å². The standard InChI is InChI=1S/C10H10F2O4S/c1-16-9-7(10(11,12)6-13)4-3-5-8(9)17(2,14)15/h3-6H,1-2H3. The van der Waals surface area contributed by atoms with Crippen LogP contribution in [0.15, 0.2) is 23.1 Å². The first kappa shape index (κ1) is 13.6. The molecule has 0 aliphatic carbocycles. The highest BCUT2D eigenvalue weighted by Gasteiger charge is 2.36. The number of methoxy groups -OCH3 is 1. The van der Waals surface area contributed by atoms with E-state index < -0.39 is 33.4 Å². The van der Waals surface area contributed by atoms with Crippen LogP contribution in [-0.4, -0.2) is 28.1 Å². The molecule has 1 rings (SSSR count). The molecule has 0 aliphatic rings. The average molecular weight is 264 g/mol. The Hall–Kier alpha value is -1.50. The van der Waals surface area contributed by atoms with Crippen LogP contribution < -0.4 is 4.74 Å². The van der Waals surface area contributed by atoms with Gasteiger partial charge in [-0.15, -0.1) is 0 Å². The van der Waals surface area contributed by atoms with Crippen molar-refractivity contribution in [3.63, 3.8) is 0 Å². The van der Waals surface area contributed by atoms with Crippen molar-refractivity contribution in [2.75, 3.05) is 13.4 Å². The van der Waals surface area contributed by atoms with Gasteiger partial charge in [-0.2, -0.15) is 8.78 Å². The van der Waals surface area contributed by atoms with E-state index in [1.54, 1.807) is 0 Å². The first-order chi connectivity index (χ1) is 7.74. The SMILES string of the molecule is COc1c(C(F)(F)C=O)cccc1S(C)(=O)=O. The lowest BCUT2D eigenvalue weighted by atomic mass is 10.1. The molecule has 1 aromatic carbocycles. The highest BCUT2D eigenvalue weighted by Crippen LogP contribution is 2.37. The van der Waals surface area contributed by atoms with Crippen LogP contribution in [0.1, 0.15) is 5.56 Å². The lowest BCUT2D eigenvalue weighted by Crippen LogP contribution is -2.17. The molecule has 0 spiro atoms. The van der Waals surface area contributed by atoms with Gasteiger partial charge in [0.2, 0.25) is 0 Å². The zero-order valence-corrected chi connectivity index (χ0v) is 9.92. The number of halogens is 2. The second-order valence-corrected chi connectivity index (χ2v) is 5.33. The molecule has 0 N–H and O–H groups in total. The Morgan fingerprint density at radius 1 is 1.35 bits per heavy atom. The molecule has 0 atom stereocenters. The van der Waals surface area contributed by atoms with Crippen LogP contribution in [0, 0.1) is 0 Å². The summed E-state index contributed by atoms with van der Waals surface area (Å²) in [6, 6.07) is 3.21. The molecule has 4 nitrogen and oxygen atoms in total. The third kappa shape index (κ3) is 2.60. The smallest absolute Gasteiger partial charge is 0.331 e. The monoisotopic (exact) mass is 264 g/mol. The molecular weight excluding hydrogens is 254 g/mol. The van der Waals surface area contributed by atoms with Crippen LogP contribution >= 0.6 is 0 Å². The predicted molar refractivity (Wildman–Crippen MR) is 56.1 cm³/mol. The molecule has 0 saturated carbocycles. The third-order valence-corrected chi connectivity index (χ3v) is 3.21. The van der Waals surface area contributed by atoms with Gasteiger partial charge in [0.25, 0.3) is 0 Å². The van der Waals surface area contributed by atoms with Gasteiger partial charge < -0.3 is 4.74 Å². The molecule has 0 fully saturated rings. The predicted octanol–water partition coefficient (Wildman–Crippen LogP) is 1.39. The maximum absolute atomic E-state index is 13.3. The number of alkyl halides is 2. The third-order valence-electron chi connectivity index (χ3n) is 2.09. The Morgan fingerprint density at radius 2 is 1.94 bits per heavy atom. The number of hydrogen-bond donors (Lipinski definition) is 0. The second-order valence-electron chi connectivity index (χ2n) is 3.35. The van der Waals surface area contributed by atoms with Crippen molar-refractivity contribution in [2.24, 2.45) is 0 Å². The van der Waals surface area contributed by atoms with E-state index in [0.717, 1.165) is 31.6 Å². The molecule has 0 heterocycles. The fraction of sp³-hybridized carbons (Fsp3) is 0.300. The Labute approximate surface area is 97.1 Å². The minimum Gasteiger partial charge on any atom is -0.495 e. The molecule has 94 valence electrons. The minimum atomic E-state index is -3.79. The molecule has 0 bridgehead atoms. The number of benzene rings is 1. The number of hydrogen-bond acceptors (Lipinski definition) is 4. The maximum atomic E-state index is 13.3. The zero-order valence-electron chi connectivity index (χ0n) is 9.11. The Balaban J connectivity index is 3.61. The van der Waals surface area contributed by atoms with E-state index in [9.17, 15) is 22.0 Å². The number of sulfone groups is 1. The molecule has 0 amide bonds. The first-order valence-corrected chi connectivity index (χ1v) is 6.35. The van der Waals surface area contributed by atoms with E-state index >= 15 is 0 Å². The normalized spacial score (nSPS) is 12.2. The van der Waals surface area contributed by atoms with E-state index in [0.29, 0.717) is 0 Å². The number of aldehydes is 1. The highest BCUT2D eigenvalue weighted by molar-refractivity contribution is 7.90. The van der Waals surface area contributed by atoms with Crippen LogP contribution in [-0.2, 0) is 20.6 Å². The Kier molecular flexibility index (Phi) is 3.51. The Bertz CT molecular complexity index is 537. The topological polar surface area (TPSA) is 60.4 Å². The van der Waals surface area contributed by atoms with Gasteiger partial charge in [-0.3, -0.25) is 4.79 Å². The highest BCUT2D eigenvalue weighted by atomic mass is 32.2. The van der Waals surface area contributed by atoms with Crippen molar-refractivity contribution in [1.82, 2.24) is 0 Å². The van der Waals surface area contributed by atoms with Gasteiger partial charge in [0, 0.05) is 6.26 Å². The van der Waals surface area contributed by atoms with Crippen molar-refractivity contribution in [3.8, 4) is 5.75 Å². The molecule has 0 radical (unpaired) electrons. The molecule has 0 saturated heterocycles. The Morgan fingerprint density at radius 3 is 2.35 bits per heavy atom. The summed E-state index contributed by atoms with van der Waals surface area (Å²) >= 11 is 0. The first-order valence-electron chi connectivity index (χ1n) is 4.45. The second kappa shape index (κ2) is 4.40. The maximum Gasteiger partial charge on any atom is 0.331 e. The lowest BCUT2D eigenvalue weighted by Gasteiger charge is -2.16. The van der Waals surface area contributed by atoms with Crippen molar-refractivity contribution < 1.29 is 26.7 Å². The van der Waals surface area contributed by atoms with E-state index in [2.05, 4.69) is 4.74 Å². The number of ether oxygens (including phenoxy) is 1. The van der Waals surface area contributed by atoms with Gasteiger partial charge in [-0.1, -0.05) is 6.07 Å². The summed E-state index contributed by atoms with van der Waals surface area (Å²) < 4.78 is 53.9. The quantitative estimate of drug-likeness (QED) is 0.771. The minimum absolute atomic E-state index is 0.376.